The number of allylic oxidation sites excluding steroid dienone is 12. The normalized spacial score (nSPS) is 29.6. The molecule has 2 bridgehead atoms. The first kappa shape index (κ1) is 101. The number of carbonyl (C=O) groups excluding carboxylic acids is 2. The van der Waals surface area contributed by atoms with Crippen LogP contribution in [0.1, 0.15) is 79.1 Å². The van der Waals surface area contributed by atoms with Gasteiger partial charge >= 0.3 is 5.97 Å². The Labute approximate surface area is 655 Å². The van der Waals surface area contributed by atoms with E-state index in [1.807, 2.05) is 37.3 Å². The molecule has 0 aromatic carbocycles. The molecule has 33 heteroatoms. The number of ether oxygens (including phenoxy) is 19. The van der Waals surface area contributed by atoms with E-state index in [0.29, 0.717) is 172 Å². The minimum Gasteiger partial charge on any atom is -0.462 e. The maximum atomic E-state index is 14.2. The fourth-order valence-corrected chi connectivity index (χ4v) is 11.5. The molecule has 0 spiro atoms. The van der Waals surface area contributed by atoms with Crippen LogP contribution in [0.25, 0.3) is 0 Å². The zero-order valence-electron chi connectivity index (χ0n) is 66.0. The number of aliphatic hydroxyl groups excluding tert-OH is 9. The number of hydrogen-bond donors (Lipinski definition) is 12. The number of aliphatic hydroxyl groups is 10. The van der Waals surface area contributed by atoms with E-state index in [0.717, 1.165) is 0 Å². The molecule has 13 N–H and O–H groups in total. The first-order valence-electron chi connectivity index (χ1n) is 39.0. The van der Waals surface area contributed by atoms with Crippen LogP contribution < -0.4 is 11.1 Å². The van der Waals surface area contributed by atoms with Gasteiger partial charge in [0.25, 0.3) is 0 Å². The van der Waals surface area contributed by atoms with Crippen molar-refractivity contribution in [2.45, 2.75) is 177 Å². The summed E-state index contributed by atoms with van der Waals surface area (Å²) in [5, 5.41) is 114. The van der Waals surface area contributed by atoms with Crippen LogP contribution in [0.5, 0.6) is 0 Å². The lowest BCUT2D eigenvalue weighted by Gasteiger charge is -2.46. The van der Waals surface area contributed by atoms with E-state index in [4.69, 9.17) is 95.7 Å². The second kappa shape index (κ2) is 65.0. The largest absolute Gasteiger partial charge is 0.462 e. The van der Waals surface area contributed by atoms with Crippen LogP contribution >= 0.6 is 0 Å². The highest BCUT2D eigenvalue weighted by atomic mass is 16.7. The van der Waals surface area contributed by atoms with Gasteiger partial charge < -0.3 is 152 Å². The topological polar surface area (TPSA) is 450 Å². The summed E-state index contributed by atoms with van der Waals surface area (Å²) in [5.74, 6) is -5.89. The molecule has 111 heavy (non-hydrogen) atoms. The third-order valence-electron chi connectivity index (χ3n) is 17.9. The van der Waals surface area contributed by atoms with Gasteiger partial charge in [-0.15, -0.1) is 0 Å². The van der Waals surface area contributed by atoms with Crippen molar-refractivity contribution in [3.63, 3.8) is 0 Å². The highest BCUT2D eigenvalue weighted by molar-refractivity contribution is 5.80. The highest BCUT2D eigenvalue weighted by Gasteiger charge is 2.51. The molecule has 0 aromatic rings. The Kier molecular flexibility index (Phi) is 59.3. The summed E-state index contributed by atoms with van der Waals surface area (Å²) in [4.78, 5) is 27.0. The lowest BCUT2D eigenvalue weighted by molar-refractivity contribution is -0.307. The third kappa shape index (κ3) is 49.6. The Bertz CT molecular complexity index is 2500. The number of fused-ring (bicyclic) bond motifs is 2. The highest BCUT2D eigenvalue weighted by Crippen LogP contribution is 2.38. The van der Waals surface area contributed by atoms with E-state index in [-0.39, 0.29) is 58.0 Å². The number of carbonyl (C=O) groups is 2. The minimum atomic E-state index is -2.30. The minimum absolute atomic E-state index is 0.00459. The molecule has 2 fully saturated rings. The maximum absolute atomic E-state index is 14.2. The second-order valence-electron chi connectivity index (χ2n) is 27.1. The summed E-state index contributed by atoms with van der Waals surface area (Å²) >= 11 is 0. The van der Waals surface area contributed by atoms with Crippen molar-refractivity contribution in [2.75, 3.05) is 205 Å². The van der Waals surface area contributed by atoms with Crippen LogP contribution in [-0.2, 0) is 99.6 Å². The molecular formula is C78H136N2O31. The third-order valence-corrected chi connectivity index (χ3v) is 17.9. The Morgan fingerprint density at radius 3 is 1.27 bits per heavy atom. The monoisotopic (exact) mass is 1600 g/mol. The van der Waals surface area contributed by atoms with Gasteiger partial charge in [-0.3, -0.25) is 9.59 Å². The van der Waals surface area contributed by atoms with E-state index in [1.54, 1.807) is 82.6 Å². The molecule has 2 saturated heterocycles. The number of nitrogens with two attached hydrogens (primary N) is 1. The van der Waals surface area contributed by atoms with Gasteiger partial charge in [-0.25, -0.2) is 0 Å². The first-order chi connectivity index (χ1) is 53.7. The predicted octanol–water partition coefficient (Wildman–Crippen LogP) is 0.622. The first-order valence-corrected chi connectivity index (χ1v) is 39.0. The van der Waals surface area contributed by atoms with E-state index in [9.17, 15) is 60.7 Å². The van der Waals surface area contributed by atoms with Crippen molar-refractivity contribution in [3.05, 3.63) is 85.1 Å². The van der Waals surface area contributed by atoms with Crippen LogP contribution in [0.4, 0.5) is 0 Å². The van der Waals surface area contributed by atoms with E-state index in [2.05, 4.69) is 5.32 Å². The molecule has 1 amide bonds. The van der Waals surface area contributed by atoms with Crippen LogP contribution in [0.15, 0.2) is 85.1 Å². The quantitative estimate of drug-likeness (QED) is 0.0293. The summed E-state index contributed by atoms with van der Waals surface area (Å²) < 4.78 is 106. The van der Waals surface area contributed by atoms with Crippen molar-refractivity contribution >= 4 is 11.9 Å². The van der Waals surface area contributed by atoms with Crippen molar-refractivity contribution in [2.24, 2.45) is 23.5 Å². The molecule has 3 heterocycles. The smallest absolute Gasteiger partial charge is 0.308 e. The molecule has 3 aliphatic heterocycles. The zero-order valence-corrected chi connectivity index (χ0v) is 66.0. The molecule has 19 atom stereocenters. The molecule has 0 radical (unpaired) electrons. The molecule has 0 aliphatic carbocycles. The number of nitrogens with one attached hydrogen (secondary N) is 1. The molecule has 3 aliphatic rings. The van der Waals surface area contributed by atoms with Gasteiger partial charge in [-0.2, -0.15) is 0 Å². The molecule has 0 aromatic heterocycles. The van der Waals surface area contributed by atoms with Gasteiger partial charge in [0.1, 0.15) is 12.2 Å². The Morgan fingerprint density at radius 2 is 0.847 bits per heavy atom. The lowest BCUT2D eigenvalue weighted by Crippen LogP contribution is -2.62. The molecule has 0 unspecified atom stereocenters. The number of rotatable bonds is 48. The molecule has 33 nitrogen and oxygen atoms in total. The lowest BCUT2D eigenvalue weighted by atomic mass is 9.82. The summed E-state index contributed by atoms with van der Waals surface area (Å²) in [6, 6.07) is -1.17. The average Bonchev–Trinajstić information content (AvgIpc) is 0.784. The van der Waals surface area contributed by atoms with Gasteiger partial charge in [0.15, 0.2) is 12.1 Å². The fraction of sp³-hybridized carbons (Fsp3) is 0.795. The van der Waals surface area contributed by atoms with E-state index < -0.39 is 147 Å². The number of esters is 1. The predicted molar refractivity (Wildman–Crippen MR) is 406 cm³/mol. The SMILES string of the molecule is COCCOCCOCCOCCOCCOCCOCCOCCOCCOCCOCCOCCOCCOCCOCCNC(=O)[C@H]1[C@@H]2C[C@@H](O[C@@H]3O[C@H](C)[C@@H](O)[C@H](N)[C@@H]3O)C=CC=CC=CC=CC=CC=CC=C[C@H](C)[C@@H](O)[C@H](C)[C@H](C)OC(=O)C[C@H](O)C[C@H](O)[C@@H](O)CC[C@H](O)C[C@H](O)C[C@](O)(C[C@@H]1O)O2. The fourth-order valence-electron chi connectivity index (χ4n) is 11.5. The maximum Gasteiger partial charge on any atom is 0.308 e. The zero-order chi connectivity index (χ0) is 81.0. The average molecular weight is 1600 g/mol. The number of amides is 1. The van der Waals surface area contributed by atoms with Gasteiger partial charge in [0, 0.05) is 51.2 Å². The van der Waals surface area contributed by atoms with Gasteiger partial charge in [-0.1, -0.05) is 98.9 Å². The summed E-state index contributed by atoms with van der Waals surface area (Å²) in [7, 11) is 1.63. The van der Waals surface area contributed by atoms with Crippen molar-refractivity contribution in [1.29, 1.82) is 0 Å². The van der Waals surface area contributed by atoms with Gasteiger partial charge in [0.05, 0.1) is 277 Å². The Hall–Kier alpha value is -4.04. The second-order valence-corrected chi connectivity index (χ2v) is 27.1. The molecular weight excluding hydrogens is 1460 g/mol. The standard InChI is InChI=1S/C78H136N2O31/c1-58-18-16-14-12-10-8-6-7-9-11-13-15-17-19-65(110-77-75(90)72(79)74(89)61(4)109-77)55-69-71(68(86)57-78(92,111-69)56-64(83)52-62(81)20-21-66(84)67(85)53-63(82)54-70(87)108-60(3)59(2)73(58)88)76(91)80-22-23-94-26-27-96-30-31-98-34-35-100-38-39-102-42-43-104-46-47-106-50-51-107-49-48-105-45-44-103-41-40-101-37-36-99-33-32-97-29-28-95-25-24-93-5/h6-19,58-69,71-75,77,81-86,88-90,92H,20-57,79H2,1-5H3,(H,80,91)/t58-,59+,60-,61+,62-,63+,64-,65-,66-,67-,68-,69-,71+,72-,73+,74+,75-,77-,78+/m0/s1. The van der Waals surface area contributed by atoms with Crippen LogP contribution in [0.3, 0.4) is 0 Å². The van der Waals surface area contributed by atoms with E-state index in [1.165, 1.54) is 0 Å². The molecule has 3 rings (SSSR count). The van der Waals surface area contributed by atoms with Crippen LogP contribution in [-0.4, -0.2) is 366 Å². The summed E-state index contributed by atoms with van der Waals surface area (Å²) in [6.45, 7) is 18.8. The van der Waals surface area contributed by atoms with Gasteiger partial charge in [0.2, 0.25) is 5.91 Å². The number of cyclic esters (lactones) is 1. The van der Waals surface area contributed by atoms with Crippen LogP contribution in [0.2, 0.25) is 0 Å². The van der Waals surface area contributed by atoms with Crippen molar-refractivity contribution in [1.82, 2.24) is 5.32 Å². The molecule has 644 valence electrons. The van der Waals surface area contributed by atoms with E-state index >= 15 is 0 Å². The Morgan fingerprint density at radius 1 is 0.450 bits per heavy atom. The summed E-state index contributed by atoms with van der Waals surface area (Å²) in [5.41, 5.74) is 6.18. The number of methoxy groups -OCH3 is 1. The summed E-state index contributed by atoms with van der Waals surface area (Å²) in [6.07, 6.45) is 3.80. The van der Waals surface area contributed by atoms with Crippen molar-refractivity contribution in [3.8, 4) is 0 Å². The number of hydrogen-bond acceptors (Lipinski definition) is 32. The Balaban J connectivity index is 1.39. The molecule has 0 saturated carbocycles. The van der Waals surface area contributed by atoms with Crippen LogP contribution in [0, 0.1) is 17.8 Å². The van der Waals surface area contributed by atoms with Gasteiger partial charge in [-0.05, 0) is 33.1 Å². The van der Waals surface area contributed by atoms with Crippen molar-refractivity contribution < 1.29 is 151 Å².